The second-order valence-corrected chi connectivity index (χ2v) is 9.44. The Morgan fingerprint density at radius 1 is 1.29 bits per heavy atom. The molecule has 1 heterocycles. The highest BCUT2D eigenvalue weighted by atomic mass is 79.9. The van der Waals surface area contributed by atoms with Crippen LogP contribution in [0.15, 0.2) is 48.6 Å². The number of hydrogen-bond donors (Lipinski definition) is 0. The van der Waals surface area contributed by atoms with E-state index in [-0.39, 0.29) is 17.0 Å². The van der Waals surface area contributed by atoms with Crippen molar-refractivity contribution in [3.05, 3.63) is 65.3 Å². The highest BCUT2D eigenvalue weighted by Crippen LogP contribution is 2.57. The number of ether oxygens (including phenoxy) is 1. The minimum atomic E-state index is -0.379. The van der Waals surface area contributed by atoms with Crippen LogP contribution in [-0.4, -0.2) is 33.4 Å². The Bertz CT molecular complexity index is 892. The highest BCUT2D eigenvalue weighted by Gasteiger charge is 2.62. The van der Waals surface area contributed by atoms with Crippen molar-refractivity contribution >= 4 is 27.5 Å². The Hall–Kier alpha value is -1.65. The molecule has 1 aromatic rings. The van der Waals surface area contributed by atoms with Gasteiger partial charge in [-0.05, 0) is 38.3 Å². The van der Waals surface area contributed by atoms with Gasteiger partial charge >= 0.3 is 0 Å². The SMILES string of the molecule is C=C1c2ccc(C)cc2C(=O)N1C1(C2=CCC(Br)C=C2)CC(CC)(OCC)C1. The molecule has 28 heavy (non-hydrogen) atoms. The van der Waals surface area contributed by atoms with Crippen LogP contribution in [0.4, 0.5) is 0 Å². The molecule has 1 fully saturated rings. The predicted molar refractivity (Wildman–Crippen MR) is 118 cm³/mol. The minimum Gasteiger partial charge on any atom is -0.375 e. The maximum atomic E-state index is 13.5. The van der Waals surface area contributed by atoms with Crippen LogP contribution in [-0.2, 0) is 4.74 Å². The van der Waals surface area contributed by atoms with Gasteiger partial charge in [0.05, 0.1) is 11.1 Å². The van der Waals surface area contributed by atoms with Crippen molar-refractivity contribution in [2.24, 2.45) is 0 Å². The van der Waals surface area contributed by atoms with E-state index in [1.807, 2.05) is 30.9 Å². The van der Waals surface area contributed by atoms with E-state index in [2.05, 4.69) is 53.7 Å². The molecule has 0 N–H and O–H groups in total. The molecular formula is C24H28BrNO2. The molecule has 0 saturated heterocycles. The van der Waals surface area contributed by atoms with E-state index in [1.54, 1.807) is 0 Å². The summed E-state index contributed by atoms with van der Waals surface area (Å²) in [4.78, 5) is 15.8. The summed E-state index contributed by atoms with van der Waals surface area (Å²) in [6.07, 6.45) is 10.1. The molecule has 4 heteroatoms. The van der Waals surface area contributed by atoms with Gasteiger partial charge in [-0.2, -0.15) is 0 Å². The zero-order valence-electron chi connectivity index (χ0n) is 16.9. The number of amides is 1. The molecule has 148 valence electrons. The van der Waals surface area contributed by atoms with Gasteiger partial charge in [0.1, 0.15) is 0 Å². The van der Waals surface area contributed by atoms with Gasteiger partial charge in [0.25, 0.3) is 5.91 Å². The first-order valence-electron chi connectivity index (χ1n) is 10.2. The molecule has 2 aliphatic carbocycles. The maximum absolute atomic E-state index is 13.5. The van der Waals surface area contributed by atoms with E-state index in [1.165, 1.54) is 5.57 Å². The van der Waals surface area contributed by atoms with Gasteiger partial charge in [0.15, 0.2) is 0 Å². The van der Waals surface area contributed by atoms with Crippen LogP contribution in [0, 0.1) is 6.92 Å². The summed E-state index contributed by atoms with van der Waals surface area (Å²) < 4.78 is 6.18. The molecule has 3 nitrogen and oxygen atoms in total. The van der Waals surface area contributed by atoms with Crippen molar-refractivity contribution < 1.29 is 9.53 Å². The van der Waals surface area contributed by atoms with Gasteiger partial charge in [-0.25, -0.2) is 0 Å². The molecule has 1 amide bonds. The first-order valence-corrected chi connectivity index (χ1v) is 11.1. The first-order chi connectivity index (χ1) is 13.4. The monoisotopic (exact) mass is 441 g/mol. The van der Waals surface area contributed by atoms with Crippen LogP contribution in [0.3, 0.4) is 0 Å². The van der Waals surface area contributed by atoms with E-state index >= 15 is 0 Å². The molecule has 0 bridgehead atoms. The quantitative estimate of drug-likeness (QED) is 0.541. The fourth-order valence-corrected chi connectivity index (χ4v) is 5.45. The summed E-state index contributed by atoms with van der Waals surface area (Å²) in [6.45, 7) is 11.3. The lowest BCUT2D eigenvalue weighted by Crippen LogP contribution is -2.66. The molecule has 1 unspecified atom stereocenters. The zero-order valence-corrected chi connectivity index (χ0v) is 18.5. The summed E-state index contributed by atoms with van der Waals surface area (Å²) in [5, 5.41) is 0. The lowest BCUT2D eigenvalue weighted by molar-refractivity contribution is -0.149. The van der Waals surface area contributed by atoms with Gasteiger partial charge < -0.3 is 4.74 Å². The molecule has 1 aromatic carbocycles. The van der Waals surface area contributed by atoms with Crippen molar-refractivity contribution in [2.45, 2.75) is 62.4 Å². The molecule has 4 rings (SSSR count). The number of benzene rings is 1. The van der Waals surface area contributed by atoms with Gasteiger partial charge in [-0.15, -0.1) is 0 Å². The summed E-state index contributed by atoms with van der Waals surface area (Å²) in [6, 6.07) is 6.08. The third kappa shape index (κ3) is 2.84. The number of aryl methyl sites for hydroxylation is 1. The zero-order chi connectivity index (χ0) is 20.1. The number of halogens is 1. The van der Waals surface area contributed by atoms with Crippen molar-refractivity contribution in [2.75, 3.05) is 6.61 Å². The number of allylic oxidation sites excluding steroid dienone is 2. The van der Waals surface area contributed by atoms with Crippen LogP contribution in [0.1, 0.15) is 61.0 Å². The Morgan fingerprint density at radius 2 is 2.04 bits per heavy atom. The van der Waals surface area contributed by atoms with Gasteiger partial charge in [-0.3, -0.25) is 9.69 Å². The van der Waals surface area contributed by atoms with Crippen LogP contribution in [0.25, 0.3) is 5.70 Å². The third-order valence-electron chi connectivity index (χ3n) is 6.53. The van der Waals surface area contributed by atoms with Crippen LogP contribution >= 0.6 is 15.9 Å². The molecule has 1 aliphatic heterocycles. The number of fused-ring (bicyclic) bond motifs is 1. The van der Waals surface area contributed by atoms with E-state index in [0.29, 0.717) is 11.4 Å². The second-order valence-electron chi connectivity index (χ2n) is 8.26. The van der Waals surface area contributed by atoms with Gasteiger partial charge in [-0.1, -0.05) is 65.4 Å². The number of carbonyl (C=O) groups is 1. The topological polar surface area (TPSA) is 29.5 Å². The summed E-state index contributed by atoms with van der Waals surface area (Å²) >= 11 is 3.67. The van der Waals surface area contributed by atoms with Crippen molar-refractivity contribution in [1.82, 2.24) is 4.90 Å². The first kappa shape index (κ1) is 19.7. The Morgan fingerprint density at radius 3 is 2.64 bits per heavy atom. The molecule has 1 atom stereocenters. The van der Waals surface area contributed by atoms with E-state index in [0.717, 1.165) is 48.1 Å². The van der Waals surface area contributed by atoms with Crippen LogP contribution in [0.2, 0.25) is 0 Å². The molecule has 3 aliphatic rings. The van der Waals surface area contributed by atoms with Crippen molar-refractivity contribution in [1.29, 1.82) is 0 Å². The molecule has 0 radical (unpaired) electrons. The van der Waals surface area contributed by atoms with Crippen molar-refractivity contribution in [3.8, 4) is 0 Å². The highest BCUT2D eigenvalue weighted by molar-refractivity contribution is 9.09. The van der Waals surface area contributed by atoms with Crippen LogP contribution < -0.4 is 0 Å². The normalized spacial score (nSPS) is 31.6. The average molecular weight is 442 g/mol. The van der Waals surface area contributed by atoms with E-state index in [4.69, 9.17) is 4.74 Å². The Labute approximate surface area is 176 Å². The minimum absolute atomic E-state index is 0.0696. The average Bonchev–Trinajstić information content (AvgIpc) is 2.89. The second kappa shape index (κ2) is 7.00. The molecule has 1 saturated carbocycles. The Balaban J connectivity index is 1.77. The summed E-state index contributed by atoms with van der Waals surface area (Å²) in [5.41, 5.74) is 4.31. The third-order valence-corrected chi connectivity index (χ3v) is 7.21. The molecule has 0 aromatic heterocycles. The van der Waals surface area contributed by atoms with E-state index < -0.39 is 0 Å². The lowest BCUT2D eigenvalue weighted by Gasteiger charge is -2.60. The van der Waals surface area contributed by atoms with Crippen LogP contribution in [0.5, 0.6) is 0 Å². The molecule has 0 spiro atoms. The summed E-state index contributed by atoms with van der Waals surface area (Å²) in [5.74, 6) is 0.0696. The van der Waals surface area contributed by atoms with Crippen molar-refractivity contribution in [3.63, 3.8) is 0 Å². The number of hydrogen-bond acceptors (Lipinski definition) is 2. The molecular weight excluding hydrogens is 414 g/mol. The van der Waals surface area contributed by atoms with E-state index in [9.17, 15) is 4.79 Å². The number of nitrogens with zero attached hydrogens (tertiary/aromatic N) is 1. The number of alkyl halides is 1. The van der Waals surface area contributed by atoms with Gasteiger partial charge in [0, 0.05) is 41.1 Å². The maximum Gasteiger partial charge on any atom is 0.259 e. The summed E-state index contributed by atoms with van der Waals surface area (Å²) in [7, 11) is 0. The fourth-order valence-electron chi connectivity index (χ4n) is 5.11. The largest absolute Gasteiger partial charge is 0.375 e. The predicted octanol–water partition coefficient (Wildman–Crippen LogP) is 5.79. The number of rotatable bonds is 5. The number of carbonyl (C=O) groups excluding carboxylic acids is 1. The lowest BCUT2D eigenvalue weighted by atomic mass is 9.58. The van der Waals surface area contributed by atoms with Gasteiger partial charge in [0.2, 0.25) is 0 Å². The standard InChI is InChI=1S/C24H28BrNO2/c1-5-23(28-6-2)14-24(15-23,18-8-10-19(25)11-9-18)26-17(4)20-12-7-16(3)13-21(20)22(26)27/h7-10,12-13,19H,4-6,11,14-15H2,1-3H3. The smallest absolute Gasteiger partial charge is 0.259 e. The Kier molecular flexibility index (Phi) is 4.91. The fraction of sp³-hybridized carbons (Fsp3) is 0.458.